The highest BCUT2D eigenvalue weighted by Crippen LogP contribution is 2.26. The average molecular weight is 348 g/mol. The van der Waals surface area contributed by atoms with E-state index in [1.807, 2.05) is 43.3 Å². The zero-order chi connectivity index (χ0) is 18.5. The van der Waals surface area contributed by atoms with Crippen LogP contribution in [0.5, 0.6) is 0 Å². The SMILES string of the molecule is CNc1nc(-c2ccncc2)nc(NC)c1C(=O)Nc1ccc(C)cc1. The molecule has 26 heavy (non-hydrogen) atoms. The van der Waals surface area contributed by atoms with Gasteiger partial charge in [0.2, 0.25) is 0 Å². The number of carbonyl (C=O) groups excluding carboxylic acids is 1. The summed E-state index contributed by atoms with van der Waals surface area (Å²) in [6.45, 7) is 2.00. The Kier molecular flexibility index (Phi) is 5.07. The summed E-state index contributed by atoms with van der Waals surface area (Å²) in [6.07, 6.45) is 3.35. The number of amides is 1. The summed E-state index contributed by atoms with van der Waals surface area (Å²) in [7, 11) is 3.45. The molecule has 0 radical (unpaired) electrons. The monoisotopic (exact) mass is 348 g/mol. The molecule has 0 saturated heterocycles. The van der Waals surface area contributed by atoms with E-state index in [-0.39, 0.29) is 5.91 Å². The second kappa shape index (κ2) is 7.60. The number of pyridine rings is 1. The average Bonchev–Trinajstić information content (AvgIpc) is 2.69. The number of nitrogens with zero attached hydrogens (tertiary/aromatic N) is 3. The highest BCUT2D eigenvalue weighted by Gasteiger charge is 2.20. The number of nitrogens with one attached hydrogen (secondary N) is 3. The van der Waals surface area contributed by atoms with Crippen LogP contribution in [0.4, 0.5) is 17.3 Å². The van der Waals surface area contributed by atoms with Crippen molar-refractivity contribution < 1.29 is 4.79 Å². The van der Waals surface area contributed by atoms with Gasteiger partial charge >= 0.3 is 0 Å². The van der Waals surface area contributed by atoms with Crippen molar-refractivity contribution in [1.29, 1.82) is 0 Å². The lowest BCUT2D eigenvalue weighted by molar-refractivity contribution is 0.102. The Morgan fingerprint density at radius 3 is 2.00 bits per heavy atom. The molecule has 3 aromatic rings. The Bertz CT molecular complexity index is 884. The van der Waals surface area contributed by atoms with Gasteiger partial charge in [0.15, 0.2) is 5.82 Å². The lowest BCUT2D eigenvalue weighted by Crippen LogP contribution is -2.18. The summed E-state index contributed by atoms with van der Waals surface area (Å²) < 4.78 is 0. The van der Waals surface area contributed by atoms with Gasteiger partial charge in [-0.05, 0) is 31.2 Å². The molecular formula is C19H20N6O. The van der Waals surface area contributed by atoms with Crippen LogP contribution in [0.2, 0.25) is 0 Å². The third-order valence-electron chi connectivity index (χ3n) is 3.86. The van der Waals surface area contributed by atoms with Crippen molar-refractivity contribution in [2.45, 2.75) is 6.92 Å². The van der Waals surface area contributed by atoms with E-state index in [2.05, 4.69) is 30.9 Å². The second-order valence-corrected chi connectivity index (χ2v) is 5.68. The van der Waals surface area contributed by atoms with E-state index in [9.17, 15) is 4.79 Å². The number of hydrogen-bond acceptors (Lipinski definition) is 6. The van der Waals surface area contributed by atoms with Crippen LogP contribution < -0.4 is 16.0 Å². The molecule has 0 aliphatic carbocycles. The summed E-state index contributed by atoms with van der Waals surface area (Å²) in [6, 6.07) is 11.2. The third kappa shape index (κ3) is 3.61. The zero-order valence-electron chi connectivity index (χ0n) is 14.9. The van der Waals surface area contributed by atoms with E-state index in [0.29, 0.717) is 28.7 Å². The van der Waals surface area contributed by atoms with Gasteiger partial charge in [-0.2, -0.15) is 0 Å². The highest BCUT2D eigenvalue weighted by atomic mass is 16.1. The first-order valence-corrected chi connectivity index (χ1v) is 8.18. The topological polar surface area (TPSA) is 91.8 Å². The van der Waals surface area contributed by atoms with Gasteiger partial charge in [0.1, 0.15) is 17.2 Å². The fourth-order valence-corrected chi connectivity index (χ4v) is 2.50. The summed E-state index contributed by atoms with van der Waals surface area (Å²) in [4.78, 5) is 25.8. The summed E-state index contributed by atoms with van der Waals surface area (Å²) in [5.41, 5.74) is 3.01. The van der Waals surface area contributed by atoms with Crippen molar-refractivity contribution >= 4 is 23.2 Å². The van der Waals surface area contributed by atoms with Crippen molar-refractivity contribution in [3.63, 3.8) is 0 Å². The maximum Gasteiger partial charge on any atom is 0.263 e. The molecule has 0 bridgehead atoms. The Morgan fingerprint density at radius 1 is 0.885 bits per heavy atom. The Hall–Kier alpha value is -3.48. The third-order valence-corrected chi connectivity index (χ3v) is 3.86. The largest absolute Gasteiger partial charge is 0.372 e. The maximum atomic E-state index is 12.8. The molecule has 3 rings (SSSR count). The molecule has 7 heteroatoms. The first kappa shape index (κ1) is 17.3. The van der Waals surface area contributed by atoms with Crippen LogP contribution in [0.3, 0.4) is 0 Å². The minimum absolute atomic E-state index is 0.288. The van der Waals surface area contributed by atoms with Crippen LogP contribution in [0.1, 0.15) is 15.9 Å². The Balaban J connectivity index is 2.00. The van der Waals surface area contributed by atoms with Crippen LogP contribution in [-0.4, -0.2) is 35.0 Å². The summed E-state index contributed by atoms with van der Waals surface area (Å²) >= 11 is 0. The quantitative estimate of drug-likeness (QED) is 0.656. The highest BCUT2D eigenvalue weighted by molar-refractivity contribution is 6.11. The first-order chi connectivity index (χ1) is 12.6. The zero-order valence-corrected chi connectivity index (χ0v) is 14.9. The molecule has 0 unspecified atom stereocenters. The van der Waals surface area contributed by atoms with Gasteiger partial charge in [-0.3, -0.25) is 9.78 Å². The maximum absolute atomic E-state index is 12.8. The fraction of sp³-hybridized carbons (Fsp3) is 0.158. The minimum atomic E-state index is -0.288. The van der Waals surface area contributed by atoms with Crippen molar-refractivity contribution in [2.75, 3.05) is 30.0 Å². The van der Waals surface area contributed by atoms with Crippen molar-refractivity contribution in [3.8, 4) is 11.4 Å². The van der Waals surface area contributed by atoms with Gasteiger partial charge in [-0.15, -0.1) is 0 Å². The van der Waals surface area contributed by atoms with Crippen LogP contribution >= 0.6 is 0 Å². The Labute approximate surface area is 151 Å². The minimum Gasteiger partial charge on any atom is -0.372 e. The molecule has 3 N–H and O–H groups in total. The van der Waals surface area contributed by atoms with E-state index in [1.54, 1.807) is 26.5 Å². The van der Waals surface area contributed by atoms with Gasteiger partial charge in [0, 0.05) is 37.7 Å². The predicted molar refractivity (Wildman–Crippen MR) is 103 cm³/mol. The second-order valence-electron chi connectivity index (χ2n) is 5.68. The summed E-state index contributed by atoms with van der Waals surface area (Å²) in [5, 5.41) is 8.86. The van der Waals surface area contributed by atoms with Crippen molar-refractivity contribution in [3.05, 3.63) is 59.9 Å². The molecule has 7 nitrogen and oxygen atoms in total. The molecule has 0 atom stereocenters. The number of benzene rings is 1. The van der Waals surface area contributed by atoms with Crippen molar-refractivity contribution in [2.24, 2.45) is 0 Å². The van der Waals surface area contributed by atoms with E-state index in [1.165, 1.54) is 0 Å². The number of hydrogen-bond donors (Lipinski definition) is 3. The van der Waals surface area contributed by atoms with Crippen LogP contribution in [0.15, 0.2) is 48.8 Å². The van der Waals surface area contributed by atoms with Gasteiger partial charge < -0.3 is 16.0 Å². The van der Waals surface area contributed by atoms with E-state index >= 15 is 0 Å². The summed E-state index contributed by atoms with van der Waals surface area (Å²) in [5.74, 6) is 1.11. The molecule has 2 aromatic heterocycles. The molecule has 0 fully saturated rings. The van der Waals surface area contributed by atoms with Crippen LogP contribution in [0.25, 0.3) is 11.4 Å². The van der Waals surface area contributed by atoms with Gasteiger partial charge in [0.05, 0.1) is 0 Å². The lowest BCUT2D eigenvalue weighted by atomic mass is 10.2. The van der Waals surface area contributed by atoms with Crippen LogP contribution in [0, 0.1) is 6.92 Å². The van der Waals surface area contributed by atoms with Gasteiger partial charge in [0.25, 0.3) is 5.91 Å². The lowest BCUT2D eigenvalue weighted by Gasteiger charge is -2.15. The van der Waals surface area contributed by atoms with E-state index < -0.39 is 0 Å². The number of aryl methyl sites for hydroxylation is 1. The van der Waals surface area contributed by atoms with Gasteiger partial charge in [-0.1, -0.05) is 17.7 Å². The fourth-order valence-electron chi connectivity index (χ4n) is 2.50. The van der Waals surface area contributed by atoms with E-state index in [0.717, 1.165) is 11.1 Å². The number of aromatic nitrogens is 3. The predicted octanol–water partition coefficient (Wildman–Crippen LogP) is 3.18. The number of carbonyl (C=O) groups is 1. The standard InChI is InChI=1S/C19H20N6O/c1-12-4-6-14(7-5-12)23-19(26)15-17(20-2)24-16(25-18(15)21-3)13-8-10-22-11-9-13/h4-11H,1-3H3,(H,23,26)(H2,20,21,24,25). The van der Waals surface area contributed by atoms with Crippen LogP contribution in [-0.2, 0) is 0 Å². The normalized spacial score (nSPS) is 10.3. The molecule has 0 spiro atoms. The molecular weight excluding hydrogens is 328 g/mol. The number of rotatable bonds is 5. The molecule has 0 saturated carbocycles. The molecule has 132 valence electrons. The molecule has 2 heterocycles. The number of anilines is 3. The van der Waals surface area contributed by atoms with E-state index in [4.69, 9.17) is 0 Å². The Morgan fingerprint density at radius 2 is 1.46 bits per heavy atom. The molecule has 0 aliphatic rings. The smallest absolute Gasteiger partial charge is 0.263 e. The molecule has 1 aromatic carbocycles. The van der Waals surface area contributed by atoms with Crippen molar-refractivity contribution in [1.82, 2.24) is 15.0 Å². The molecule has 1 amide bonds. The molecule has 0 aliphatic heterocycles. The first-order valence-electron chi connectivity index (χ1n) is 8.18. The van der Waals surface area contributed by atoms with Gasteiger partial charge in [-0.25, -0.2) is 9.97 Å².